The number of carboxylic acid groups (broad SMARTS) is 1. The van der Waals surface area contributed by atoms with Crippen molar-refractivity contribution in [2.24, 2.45) is 0 Å². The number of aromatic carboxylic acids is 1. The largest absolute Gasteiger partial charge is 0.478 e. The maximum atomic E-state index is 13.7. The molecule has 0 saturated carbocycles. The number of halogens is 1. The van der Waals surface area contributed by atoms with Gasteiger partial charge in [0.15, 0.2) is 0 Å². The van der Waals surface area contributed by atoms with E-state index in [0.29, 0.717) is 10.6 Å². The molecule has 0 unspecified atom stereocenters. The van der Waals surface area contributed by atoms with Crippen molar-refractivity contribution in [3.8, 4) is 0 Å². The second kappa shape index (κ2) is 6.56. The van der Waals surface area contributed by atoms with E-state index in [-0.39, 0.29) is 5.56 Å². The van der Waals surface area contributed by atoms with Gasteiger partial charge in [0.25, 0.3) is 0 Å². The van der Waals surface area contributed by atoms with E-state index in [1.54, 1.807) is 12.5 Å². The number of nitrogens with zero attached hydrogens (tertiary/aromatic N) is 2. The molecule has 2 aromatic rings. The predicted molar refractivity (Wildman–Crippen MR) is 75.4 cm³/mol. The summed E-state index contributed by atoms with van der Waals surface area (Å²) in [6.45, 7) is 2.94. The molecule has 0 bridgehead atoms. The number of thioether (sulfide) groups is 1. The van der Waals surface area contributed by atoms with E-state index < -0.39 is 11.8 Å². The molecule has 0 saturated heterocycles. The van der Waals surface area contributed by atoms with Gasteiger partial charge in [-0.15, -0.1) is 11.8 Å². The Balaban J connectivity index is 2.12. The summed E-state index contributed by atoms with van der Waals surface area (Å²) in [4.78, 5) is 15.3. The molecule has 106 valence electrons. The Labute approximate surface area is 120 Å². The highest BCUT2D eigenvalue weighted by molar-refractivity contribution is 7.98. The Morgan fingerprint density at radius 3 is 3.00 bits per heavy atom. The Bertz CT molecular complexity index is 613. The molecule has 0 atom stereocenters. The molecular formula is C14H15FN2O2S. The van der Waals surface area contributed by atoms with Gasteiger partial charge in [-0.2, -0.15) is 0 Å². The van der Waals surface area contributed by atoms with E-state index in [0.717, 1.165) is 18.7 Å². The molecule has 20 heavy (non-hydrogen) atoms. The van der Waals surface area contributed by atoms with Crippen LogP contribution in [0.25, 0.3) is 0 Å². The summed E-state index contributed by atoms with van der Waals surface area (Å²) in [6, 6.07) is 3.82. The molecule has 0 aliphatic heterocycles. The van der Waals surface area contributed by atoms with Crippen LogP contribution in [0.5, 0.6) is 0 Å². The van der Waals surface area contributed by atoms with Crippen LogP contribution in [0.2, 0.25) is 0 Å². The number of benzene rings is 1. The van der Waals surface area contributed by atoms with E-state index in [4.69, 9.17) is 5.11 Å². The smallest absolute Gasteiger partial charge is 0.335 e. The summed E-state index contributed by atoms with van der Waals surface area (Å²) >= 11 is 1.28. The van der Waals surface area contributed by atoms with Gasteiger partial charge in [0, 0.05) is 29.1 Å². The average Bonchev–Trinajstić information content (AvgIpc) is 2.85. The van der Waals surface area contributed by atoms with Gasteiger partial charge in [-0.25, -0.2) is 14.2 Å². The summed E-state index contributed by atoms with van der Waals surface area (Å²) in [5, 5.41) is 8.92. The highest BCUT2D eigenvalue weighted by Crippen LogP contribution is 2.26. The van der Waals surface area contributed by atoms with E-state index in [1.807, 2.05) is 4.57 Å². The maximum Gasteiger partial charge on any atom is 0.335 e. The van der Waals surface area contributed by atoms with E-state index in [2.05, 4.69) is 11.9 Å². The standard InChI is InChI=1S/C14H15FN2O2S/c1-2-5-17-9-16-7-11(17)8-20-13-6-10(14(18)19)3-4-12(13)15/h3-4,6-7,9H,2,5,8H2,1H3,(H,18,19). The summed E-state index contributed by atoms with van der Waals surface area (Å²) in [5.74, 6) is -0.899. The van der Waals surface area contributed by atoms with E-state index in [9.17, 15) is 9.18 Å². The third-order valence-corrected chi connectivity index (χ3v) is 3.88. The van der Waals surface area contributed by atoms with Gasteiger partial charge in [0.2, 0.25) is 0 Å². The topological polar surface area (TPSA) is 55.1 Å². The zero-order valence-electron chi connectivity index (χ0n) is 11.0. The molecule has 2 rings (SSSR count). The monoisotopic (exact) mass is 294 g/mol. The minimum Gasteiger partial charge on any atom is -0.478 e. The van der Waals surface area contributed by atoms with Gasteiger partial charge in [0.05, 0.1) is 11.9 Å². The van der Waals surface area contributed by atoms with Crippen LogP contribution in [-0.2, 0) is 12.3 Å². The van der Waals surface area contributed by atoms with Crippen molar-refractivity contribution in [2.75, 3.05) is 0 Å². The normalized spacial score (nSPS) is 10.7. The van der Waals surface area contributed by atoms with Gasteiger partial charge in [-0.1, -0.05) is 6.92 Å². The number of aromatic nitrogens is 2. The highest BCUT2D eigenvalue weighted by Gasteiger charge is 2.10. The van der Waals surface area contributed by atoms with Crippen LogP contribution in [0.15, 0.2) is 35.6 Å². The van der Waals surface area contributed by atoms with Crippen LogP contribution in [0.3, 0.4) is 0 Å². The van der Waals surface area contributed by atoms with Gasteiger partial charge in [0.1, 0.15) is 5.82 Å². The van der Waals surface area contributed by atoms with Crippen LogP contribution < -0.4 is 0 Å². The minimum absolute atomic E-state index is 0.0935. The maximum absolute atomic E-state index is 13.7. The van der Waals surface area contributed by atoms with Crippen molar-refractivity contribution >= 4 is 17.7 Å². The molecule has 0 aliphatic rings. The van der Waals surface area contributed by atoms with E-state index in [1.165, 1.54) is 30.0 Å². The molecule has 1 aromatic heterocycles. The molecule has 0 spiro atoms. The van der Waals surface area contributed by atoms with Crippen molar-refractivity contribution in [3.63, 3.8) is 0 Å². The van der Waals surface area contributed by atoms with Crippen LogP contribution in [0, 0.1) is 5.82 Å². The van der Waals surface area contributed by atoms with Crippen LogP contribution in [0.4, 0.5) is 4.39 Å². The zero-order chi connectivity index (χ0) is 14.5. The summed E-state index contributed by atoms with van der Waals surface area (Å²) in [6.07, 6.45) is 4.50. The number of rotatable bonds is 6. The lowest BCUT2D eigenvalue weighted by Crippen LogP contribution is -2.00. The molecule has 1 heterocycles. The molecule has 0 aliphatic carbocycles. The number of imidazole rings is 1. The molecule has 1 N–H and O–H groups in total. The predicted octanol–water partition coefficient (Wildman–Crippen LogP) is 3.42. The zero-order valence-corrected chi connectivity index (χ0v) is 11.9. The Kier molecular flexibility index (Phi) is 4.79. The van der Waals surface area contributed by atoms with Crippen molar-refractivity contribution in [2.45, 2.75) is 30.5 Å². The number of carbonyl (C=O) groups is 1. The molecule has 1 aromatic carbocycles. The van der Waals surface area contributed by atoms with Gasteiger partial charge in [-0.05, 0) is 24.6 Å². The average molecular weight is 294 g/mol. The molecule has 0 amide bonds. The lowest BCUT2D eigenvalue weighted by Gasteiger charge is -2.07. The van der Waals surface area contributed by atoms with Gasteiger partial charge >= 0.3 is 5.97 Å². The van der Waals surface area contributed by atoms with Crippen molar-refractivity contribution in [1.29, 1.82) is 0 Å². The molecule has 6 heteroatoms. The minimum atomic E-state index is -1.05. The third kappa shape index (κ3) is 3.39. The van der Waals surface area contributed by atoms with Crippen molar-refractivity contribution < 1.29 is 14.3 Å². The number of aryl methyl sites for hydroxylation is 1. The Morgan fingerprint density at radius 2 is 2.30 bits per heavy atom. The van der Waals surface area contributed by atoms with Crippen LogP contribution in [0.1, 0.15) is 29.4 Å². The van der Waals surface area contributed by atoms with Crippen molar-refractivity contribution in [1.82, 2.24) is 9.55 Å². The number of hydrogen-bond acceptors (Lipinski definition) is 3. The fraction of sp³-hybridized carbons (Fsp3) is 0.286. The third-order valence-electron chi connectivity index (χ3n) is 2.82. The fourth-order valence-corrected chi connectivity index (χ4v) is 2.77. The first-order valence-corrected chi connectivity index (χ1v) is 7.25. The molecular weight excluding hydrogens is 279 g/mol. The Morgan fingerprint density at radius 1 is 1.50 bits per heavy atom. The molecule has 4 nitrogen and oxygen atoms in total. The lowest BCUT2D eigenvalue weighted by molar-refractivity contribution is 0.0696. The lowest BCUT2D eigenvalue weighted by atomic mass is 10.2. The second-order valence-corrected chi connectivity index (χ2v) is 5.33. The molecule has 0 radical (unpaired) electrons. The summed E-state index contributed by atoms with van der Waals surface area (Å²) < 4.78 is 15.7. The Hall–Kier alpha value is -1.82. The first-order valence-electron chi connectivity index (χ1n) is 6.26. The summed E-state index contributed by atoms with van der Waals surface area (Å²) in [5.41, 5.74) is 1.09. The van der Waals surface area contributed by atoms with Crippen LogP contribution >= 0.6 is 11.8 Å². The van der Waals surface area contributed by atoms with E-state index >= 15 is 0 Å². The number of carboxylic acids is 1. The number of hydrogen-bond donors (Lipinski definition) is 1. The van der Waals surface area contributed by atoms with Crippen LogP contribution in [-0.4, -0.2) is 20.6 Å². The van der Waals surface area contributed by atoms with Crippen molar-refractivity contribution in [3.05, 3.63) is 47.8 Å². The first kappa shape index (κ1) is 14.6. The second-order valence-electron chi connectivity index (χ2n) is 4.32. The van der Waals surface area contributed by atoms with Gasteiger partial charge in [-0.3, -0.25) is 0 Å². The molecule has 0 fully saturated rings. The van der Waals surface area contributed by atoms with Gasteiger partial charge < -0.3 is 9.67 Å². The first-order chi connectivity index (χ1) is 9.61. The summed E-state index contributed by atoms with van der Waals surface area (Å²) in [7, 11) is 0. The SMILES string of the molecule is CCCn1cncc1CSc1cc(C(=O)O)ccc1F. The fourth-order valence-electron chi connectivity index (χ4n) is 1.81. The highest BCUT2D eigenvalue weighted by atomic mass is 32.2. The quantitative estimate of drug-likeness (QED) is 0.829.